The fourth-order valence-corrected chi connectivity index (χ4v) is 6.02. The van der Waals surface area contributed by atoms with E-state index < -0.39 is 24.2 Å². The highest BCUT2D eigenvalue weighted by molar-refractivity contribution is 7.23. The van der Waals surface area contributed by atoms with Crippen molar-refractivity contribution in [1.82, 2.24) is 0 Å². The van der Waals surface area contributed by atoms with Crippen LogP contribution in [-0.4, -0.2) is 35.0 Å². The minimum Gasteiger partial charge on any atom is -0.305 e. The topological polar surface area (TPSA) is 34.1 Å². The molecule has 112 valence electrons. The highest BCUT2D eigenvalue weighted by Gasteiger charge is 2.38. The summed E-state index contributed by atoms with van der Waals surface area (Å²) in [5.74, 6) is 0. The molecular formula is C14H32O2Si3. The second-order valence-electron chi connectivity index (χ2n) is 8.59. The maximum atomic E-state index is 12.4. The summed E-state index contributed by atoms with van der Waals surface area (Å²) in [5, 5.41) is 0.547. The second-order valence-corrected chi connectivity index (χ2v) is 24.2. The molecule has 0 aliphatic heterocycles. The fourth-order valence-electron chi connectivity index (χ4n) is 1.76. The van der Waals surface area contributed by atoms with Gasteiger partial charge in [0.25, 0.3) is 0 Å². The molecule has 19 heavy (non-hydrogen) atoms. The summed E-state index contributed by atoms with van der Waals surface area (Å²) in [7, 11) is -4.71. The molecule has 0 fully saturated rings. The van der Waals surface area contributed by atoms with E-state index in [2.05, 4.69) is 39.3 Å². The molecule has 0 bridgehead atoms. The molecule has 0 rings (SSSR count). The third-order valence-electron chi connectivity index (χ3n) is 3.60. The molecule has 0 atom stereocenters. The quantitative estimate of drug-likeness (QED) is 0.623. The normalized spacial score (nSPS) is 13.5. The van der Waals surface area contributed by atoms with Gasteiger partial charge in [0, 0.05) is 16.1 Å². The van der Waals surface area contributed by atoms with E-state index in [4.69, 9.17) is 0 Å². The van der Waals surface area contributed by atoms with Crippen molar-refractivity contribution >= 4 is 35.0 Å². The van der Waals surface area contributed by atoms with Crippen LogP contribution < -0.4 is 0 Å². The Kier molecular flexibility index (Phi) is 6.63. The Bertz CT molecular complexity index is 304. The van der Waals surface area contributed by atoms with E-state index in [1.54, 1.807) is 0 Å². The van der Waals surface area contributed by atoms with Crippen molar-refractivity contribution in [3.63, 3.8) is 0 Å². The zero-order valence-corrected chi connectivity index (χ0v) is 17.1. The molecule has 0 heterocycles. The summed E-state index contributed by atoms with van der Waals surface area (Å²) in [6.45, 7) is 17.6. The van der Waals surface area contributed by atoms with Crippen LogP contribution in [0.2, 0.25) is 64.5 Å². The maximum absolute atomic E-state index is 12.4. The number of carbonyl (C=O) groups excluding carboxylic acids is 2. The Hall–Kier alpha value is -0.00935. The van der Waals surface area contributed by atoms with E-state index in [9.17, 15) is 9.59 Å². The largest absolute Gasteiger partial charge is 0.305 e. The first kappa shape index (κ1) is 19.0. The molecule has 0 saturated heterocycles. The van der Waals surface area contributed by atoms with Crippen LogP contribution >= 0.6 is 0 Å². The van der Waals surface area contributed by atoms with Gasteiger partial charge in [0.05, 0.1) is 0 Å². The van der Waals surface area contributed by atoms with Crippen LogP contribution in [-0.2, 0) is 9.59 Å². The lowest BCUT2D eigenvalue weighted by atomic mass is 10.5. The fraction of sp³-hybridized carbons (Fsp3) is 0.857. The van der Waals surface area contributed by atoms with E-state index >= 15 is 0 Å². The molecular weight excluding hydrogens is 284 g/mol. The van der Waals surface area contributed by atoms with Gasteiger partial charge in [-0.25, -0.2) is 0 Å². The molecule has 0 unspecified atom stereocenters. The first-order valence-electron chi connectivity index (χ1n) is 7.32. The molecule has 0 radical (unpaired) electrons. The standard InChI is InChI=1S/C14H32O2Si3/c1-17(2,3)11-9-13(15)19(7,8)14(16)10-12-18(4,5)6/h9-12H2,1-8H3. The molecule has 0 aromatic carbocycles. The average Bonchev–Trinajstić information content (AvgIpc) is 2.20. The Morgan fingerprint density at radius 1 is 0.632 bits per heavy atom. The second kappa shape index (κ2) is 6.63. The average molecular weight is 317 g/mol. The highest BCUT2D eigenvalue weighted by atomic mass is 28.3. The molecule has 0 aromatic heterocycles. The van der Waals surface area contributed by atoms with Gasteiger partial charge in [0.15, 0.2) is 0 Å². The Morgan fingerprint density at radius 3 is 1.11 bits per heavy atom. The summed E-state index contributed by atoms with van der Waals surface area (Å²) in [6.07, 6.45) is 1.27. The molecule has 0 spiro atoms. The molecule has 0 N–H and O–H groups in total. The summed E-state index contributed by atoms with van der Waals surface area (Å²) in [6, 6.07) is 2.03. The molecule has 5 heteroatoms. The molecule has 0 saturated carbocycles. The zero-order chi connectivity index (χ0) is 15.5. The van der Waals surface area contributed by atoms with Crippen molar-refractivity contribution < 1.29 is 9.59 Å². The van der Waals surface area contributed by atoms with Gasteiger partial charge < -0.3 is 9.59 Å². The SMILES string of the molecule is C[Si](C)(C)CCC(=O)[Si](C)(C)C(=O)CC[Si](C)(C)C. The van der Waals surface area contributed by atoms with E-state index in [0.29, 0.717) is 12.8 Å². The van der Waals surface area contributed by atoms with Crippen molar-refractivity contribution in [2.75, 3.05) is 0 Å². The number of hydrogen-bond acceptors (Lipinski definition) is 2. The molecule has 0 aliphatic carbocycles. The zero-order valence-electron chi connectivity index (χ0n) is 14.1. The molecule has 0 aromatic rings. The Balaban J connectivity index is 4.51. The van der Waals surface area contributed by atoms with Gasteiger partial charge in [-0.2, -0.15) is 0 Å². The van der Waals surface area contributed by atoms with Crippen molar-refractivity contribution in [1.29, 1.82) is 0 Å². The minimum atomic E-state index is -2.34. The van der Waals surface area contributed by atoms with Crippen LogP contribution in [0.5, 0.6) is 0 Å². The smallest absolute Gasteiger partial charge is 0.202 e. The van der Waals surface area contributed by atoms with Crippen molar-refractivity contribution in [2.45, 2.75) is 77.3 Å². The van der Waals surface area contributed by atoms with Crippen LogP contribution in [0.3, 0.4) is 0 Å². The third-order valence-corrected chi connectivity index (χ3v) is 10.4. The molecule has 0 amide bonds. The van der Waals surface area contributed by atoms with Crippen molar-refractivity contribution in [3.8, 4) is 0 Å². The third kappa shape index (κ3) is 7.99. The van der Waals surface area contributed by atoms with Gasteiger partial charge in [-0.15, -0.1) is 0 Å². The molecule has 2 nitrogen and oxygen atoms in total. The lowest BCUT2D eigenvalue weighted by molar-refractivity contribution is -0.116. The van der Waals surface area contributed by atoms with E-state index in [0.717, 1.165) is 12.1 Å². The van der Waals surface area contributed by atoms with Crippen LogP contribution in [0, 0.1) is 0 Å². The minimum absolute atomic E-state index is 0.274. The number of carbonyl (C=O) groups is 2. The van der Waals surface area contributed by atoms with Crippen LogP contribution in [0.15, 0.2) is 0 Å². The lowest BCUT2D eigenvalue weighted by Gasteiger charge is -2.23. The Labute approximate surface area is 122 Å². The van der Waals surface area contributed by atoms with Gasteiger partial charge in [0.2, 0.25) is 8.07 Å². The van der Waals surface area contributed by atoms with E-state index in [1.807, 2.05) is 13.1 Å². The van der Waals surface area contributed by atoms with Crippen LogP contribution in [0.25, 0.3) is 0 Å². The summed E-state index contributed by atoms with van der Waals surface area (Å²) in [5.41, 5.74) is 0. The Morgan fingerprint density at radius 2 is 0.895 bits per heavy atom. The van der Waals surface area contributed by atoms with Crippen molar-refractivity contribution in [3.05, 3.63) is 0 Å². The highest BCUT2D eigenvalue weighted by Crippen LogP contribution is 2.20. The number of hydrogen-bond donors (Lipinski definition) is 0. The van der Waals surface area contributed by atoms with Crippen LogP contribution in [0.4, 0.5) is 0 Å². The lowest BCUT2D eigenvalue weighted by Crippen LogP contribution is -2.47. The van der Waals surface area contributed by atoms with Crippen molar-refractivity contribution in [2.24, 2.45) is 0 Å². The predicted molar refractivity (Wildman–Crippen MR) is 93.0 cm³/mol. The van der Waals surface area contributed by atoms with Gasteiger partial charge in [0.1, 0.15) is 10.8 Å². The first-order valence-corrected chi connectivity index (χ1v) is 17.7. The summed E-state index contributed by atoms with van der Waals surface area (Å²) >= 11 is 0. The van der Waals surface area contributed by atoms with Gasteiger partial charge in [-0.05, 0) is 12.8 Å². The molecule has 0 aliphatic rings. The summed E-state index contributed by atoms with van der Waals surface area (Å²) in [4.78, 5) is 24.7. The monoisotopic (exact) mass is 316 g/mol. The number of rotatable bonds is 8. The van der Waals surface area contributed by atoms with Crippen LogP contribution in [0.1, 0.15) is 12.8 Å². The predicted octanol–water partition coefficient (Wildman–Crippen LogP) is 4.37. The van der Waals surface area contributed by atoms with Gasteiger partial charge in [-0.3, -0.25) is 0 Å². The summed E-state index contributed by atoms with van der Waals surface area (Å²) < 4.78 is 0. The van der Waals surface area contributed by atoms with Gasteiger partial charge >= 0.3 is 0 Å². The van der Waals surface area contributed by atoms with E-state index in [1.165, 1.54) is 0 Å². The van der Waals surface area contributed by atoms with Gasteiger partial charge in [-0.1, -0.05) is 64.5 Å². The first-order chi connectivity index (χ1) is 8.26. The maximum Gasteiger partial charge on any atom is 0.202 e. The van der Waals surface area contributed by atoms with E-state index in [-0.39, 0.29) is 10.8 Å².